The van der Waals surface area contributed by atoms with Crippen molar-refractivity contribution in [2.75, 3.05) is 20.1 Å². The lowest BCUT2D eigenvalue weighted by Crippen LogP contribution is -2.45. The summed E-state index contributed by atoms with van der Waals surface area (Å²) in [5.74, 6) is 0. The molecule has 15 heavy (non-hydrogen) atoms. The van der Waals surface area contributed by atoms with Crippen LogP contribution in [0.25, 0.3) is 0 Å². The van der Waals surface area contributed by atoms with Crippen LogP contribution in [0.1, 0.15) is 41.5 Å². The third kappa shape index (κ3) is 5.83. The van der Waals surface area contributed by atoms with Crippen molar-refractivity contribution >= 4 is 0 Å². The van der Waals surface area contributed by atoms with E-state index in [1.54, 1.807) is 0 Å². The minimum atomic E-state index is 0.215. The van der Waals surface area contributed by atoms with Gasteiger partial charge >= 0.3 is 0 Å². The quantitative estimate of drug-likeness (QED) is 0.754. The van der Waals surface area contributed by atoms with Crippen molar-refractivity contribution in [3.05, 3.63) is 12.3 Å². The molecule has 0 fully saturated rings. The van der Waals surface area contributed by atoms with Gasteiger partial charge in [0.2, 0.25) is 0 Å². The fourth-order valence-corrected chi connectivity index (χ4v) is 1.68. The molecule has 0 saturated heterocycles. The number of nitrogens with one attached hydrogen (secondary N) is 1. The highest BCUT2D eigenvalue weighted by atomic mass is 15.2. The lowest BCUT2D eigenvalue weighted by molar-refractivity contribution is 0.108. The Hall–Kier alpha value is -0.500. The van der Waals surface area contributed by atoms with Gasteiger partial charge in [-0.3, -0.25) is 4.90 Å². The first-order valence-electron chi connectivity index (χ1n) is 5.83. The highest BCUT2D eigenvalue weighted by molar-refractivity contribution is 4.96. The molecule has 90 valence electrons. The lowest BCUT2D eigenvalue weighted by atomic mass is 9.90. The van der Waals surface area contributed by atoms with Gasteiger partial charge in [0, 0.05) is 19.1 Å². The first-order valence-corrected chi connectivity index (χ1v) is 5.83. The van der Waals surface area contributed by atoms with Crippen LogP contribution >= 0.6 is 0 Å². The van der Waals surface area contributed by atoms with E-state index < -0.39 is 0 Å². The van der Waals surface area contributed by atoms with Gasteiger partial charge in [-0.05, 0) is 38.9 Å². The average molecular weight is 212 g/mol. The zero-order valence-electron chi connectivity index (χ0n) is 11.5. The van der Waals surface area contributed by atoms with Crippen molar-refractivity contribution < 1.29 is 0 Å². The van der Waals surface area contributed by atoms with E-state index in [0.29, 0.717) is 0 Å². The zero-order valence-corrected chi connectivity index (χ0v) is 11.5. The molecule has 0 heterocycles. The van der Waals surface area contributed by atoms with Gasteiger partial charge < -0.3 is 5.32 Å². The van der Waals surface area contributed by atoms with Crippen LogP contribution in [-0.2, 0) is 0 Å². The molecule has 0 amide bonds. The van der Waals surface area contributed by atoms with Crippen LogP contribution in [0.4, 0.5) is 0 Å². The molecule has 0 aromatic rings. The van der Waals surface area contributed by atoms with Crippen LogP contribution < -0.4 is 5.32 Å². The number of hydrogen-bond donors (Lipinski definition) is 1. The Bertz CT molecular complexity index is 199. The molecule has 0 bridgehead atoms. The molecule has 0 aliphatic carbocycles. The van der Waals surface area contributed by atoms with Crippen LogP contribution in [0.15, 0.2) is 12.3 Å². The Balaban J connectivity index is 4.47. The maximum Gasteiger partial charge on any atom is 0.0125 e. The second-order valence-electron chi connectivity index (χ2n) is 5.80. The first kappa shape index (κ1) is 14.5. The topological polar surface area (TPSA) is 15.3 Å². The predicted octanol–water partition coefficient (Wildman–Crippen LogP) is 2.87. The van der Waals surface area contributed by atoms with Crippen LogP contribution in [-0.4, -0.2) is 30.6 Å². The molecule has 0 aromatic heterocycles. The van der Waals surface area contributed by atoms with E-state index in [-0.39, 0.29) is 11.0 Å². The third-order valence-electron chi connectivity index (χ3n) is 2.63. The molecule has 0 rings (SSSR count). The molecule has 2 nitrogen and oxygen atoms in total. The van der Waals surface area contributed by atoms with E-state index in [4.69, 9.17) is 0 Å². The zero-order chi connectivity index (χ0) is 12.1. The highest BCUT2D eigenvalue weighted by Crippen LogP contribution is 2.23. The van der Waals surface area contributed by atoms with E-state index in [9.17, 15) is 0 Å². The van der Waals surface area contributed by atoms with Gasteiger partial charge in [0.25, 0.3) is 0 Å². The van der Waals surface area contributed by atoms with Gasteiger partial charge in [-0.15, -0.1) is 0 Å². The maximum absolute atomic E-state index is 3.05. The van der Waals surface area contributed by atoms with Crippen LogP contribution in [0.2, 0.25) is 0 Å². The summed E-state index contributed by atoms with van der Waals surface area (Å²) >= 11 is 0. The van der Waals surface area contributed by atoms with Gasteiger partial charge in [-0.1, -0.05) is 26.8 Å². The Morgan fingerprint density at radius 2 is 1.67 bits per heavy atom. The molecule has 0 aliphatic rings. The van der Waals surface area contributed by atoms with Gasteiger partial charge in [0.15, 0.2) is 0 Å². The Morgan fingerprint density at radius 3 is 2.00 bits per heavy atom. The number of hydrogen-bond acceptors (Lipinski definition) is 2. The number of rotatable bonds is 5. The highest BCUT2D eigenvalue weighted by Gasteiger charge is 2.25. The van der Waals surface area contributed by atoms with Crippen molar-refractivity contribution in [3.8, 4) is 0 Å². The van der Waals surface area contributed by atoms with Crippen LogP contribution in [0.5, 0.6) is 0 Å². The van der Waals surface area contributed by atoms with Gasteiger partial charge in [0.1, 0.15) is 0 Å². The third-order valence-corrected chi connectivity index (χ3v) is 2.63. The van der Waals surface area contributed by atoms with E-state index >= 15 is 0 Å². The molecule has 0 aliphatic heterocycles. The molecule has 0 aromatic carbocycles. The summed E-state index contributed by atoms with van der Waals surface area (Å²) in [6.45, 7) is 15.8. The molecule has 2 heteroatoms. The predicted molar refractivity (Wildman–Crippen MR) is 69.0 cm³/mol. The molecular formula is C13H28N2. The molecule has 0 saturated carbocycles. The maximum atomic E-state index is 3.05. The van der Waals surface area contributed by atoms with E-state index in [1.807, 2.05) is 13.2 Å². The van der Waals surface area contributed by atoms with E-state index in [1.165, 1.54) is 0 Å². The van der Waals surface area contributed by atoms with Gasteiger partial charge in [-0.25, -0.2) is 0 Å². The summed E-state index contributed by atoms with van der Waals surface area (Å²) < 4.78 is 0. The standard InChI is InChI=1S/C13H28N2/c1-8-15(12(2,3)4)11-13(5,6)9-10-14-7/h9-10,14H,8,11H2,1-7H3/b10-9+. The molecule has 0 unspecified atom stereocenters. The van der Waals surface area contributed by atoms with Crippen LogP contribution in [0, 0.1) is 5.41 Å². The minimum absolute atomic E-state index is 0.215. The van der Waals surface area contributed by atoms with Crippen molar-refractivity contribution in [1.29, 1.82) is 0 Å². The van der Waals surface area contributed by atoms with E-state index in [2.05, 4.69) is 57.8 Å². The van der Waals surface area contributed by atoms with Gasteiger partial charge in [0.05, 0.1) is 0 Å². The van der Waals surface area contributed by atoms with Crippen molar-refractivity contribution in [2.24, 2.45) is 5.41 Å². The Morgan fingerprint density at radius 1 is 1.13 bits per heavy atom. The summed E-state index contributed by atoms with van der Waals surface area (Å²) in [5.41, 5.74) is 0.464. The second-order valence-corrected chi connectivity index (χ2v) is 5.80. The fraction of sp³-hybridized carbons (Fsp3) is 0.846. The summed E-state index contributed by atoms with van der Waals surface area (Å²) in [6, 6.07) is 0. The second kappa shape index (κ2) is 5.55. The average Bonchev–Trinajstić information content (AvgIpc) is 2.09. The van der Waals surface area contributed by atoms with Crippen molar-refractivity contribution in [2.45, 2.75) is 47.1 Å². The largest absolute Gasteiger partial charge is 0.394 e. The van der Waals surface area contributed by atoms with Gasteiger partial charge in [-0.2, -0.15) is 0 Å². The molecule has 0 atom stereocenters. The Kier molecular flexibility index (Phi) is 5.36. The molecule has 0 radical (unpaired) electrons. The summed E-state index contributed by atoms with van der Waals surface area (Å²) in [6.07, 6.45) is 4.26. The molecule has 0 spiro atoms. The smallest absolute Gasteiger partial charge is 0.0125 e. The monoisotopic (exact) mass is 212 g/mol. The van der Waals surface area contributed by atoms with E-state index in [0.717, 1.165) is 13.1 Å². The molecular weight excluding hydrogens is 184 g/mol. The normalized spacial score (nSPS) is 13.9. The molecule has 1 N–H and O–H groups in total. The Labute approximate surface area is 95.7 Å². The van der Waals surface area contributed by atoms with Crippen molar-refractivity contribution in [1.82, 2.24) is 10.2 Å². The van der Waals surface area contributed by atoms with Crippen molar-refractivity contribution in [3.63, 3.8) is 0 Å². The lowest BCUT2D eigenvalue weighted by Gasteiger charge is -2.39. The fourth-order valence-electron chi connectivity index (χ4n) is 1.68. The first-order chi connectivity index (χ1) is 6.73. The number of nitrogens with zero attached hydrogens (tertiary/aromatic N) is 1. The summed E-state index contributed by atoms with van der Waals surface area (Å²) in [5, 5.41) is 3.05. The SMILES string of the molecule is CCN(CC(C)(C)/C=C/NC)C(C)(C)C. The minimum Gasteiger partial charge on any atom is -0.394 e. The van der Waals surface area contributed by atoms with Crippen LogP contribution in [0.3, 0.4) is 0 Å². The summed E-state index contributed by atoms with van der Waals surface area (Å²) in [7, 11) is 1.94. The summed E-state index contributed by atoms with van der Waals surface area (Å²) in [4.78, 5) is 2.51.